The number of benzene rings is 2. The fourth-order valence-electron chi connectivity index (χ4n) is 7.66. The molecule has 0 aliphatic carbocycles. The zero-order valence-corrected chi connectivity index (χ0v) is 31.1. The Bertz CT molecular complexity index is 1570. The lowest BCUT2D eigenvalue weighted by Gasteiger charge is -2.40. The molecule has 5 rings (SSSR count). The maximum atomic E-state index is 15.5. The van der Waals surface area contributed by atoms with Gasteiger partial charge in [-0.05, 0) is 88.1 Å². The molecule has 8 atom stereocenters. The number of hydrogen-bond acceptors (Lipinski definition) is 7. The van der Waals surface area contributed by atoms with Crippen molar-refractivity contribution in [2.45, 2.75) is 96.4 Å². The van der Waals surface area contributed by atoms with E-state index in [1.165, 1.54) is 31.4 Å². The molecule has 2 aromatic rings. The summed E-state index contributed by atoms with van der Waals surface area (Å²) in [5.74, 6) is -3.20. The molecule has 14 heteroatoms. The van der Waals surface area contributed by atoms with Crippen LogP contribution >= 0.6 is 11.6 Å². The molecule has 3 heterocycles. The van der Waals surface area contributed by atoms with Gasteiger partial charge in [-0.25, -0.2) is 22.0 Å². The zero-order valence-electron chi connectivity index (χ0n) is 29.5. The Morgan fingerprint density at radius 3 is 2.52 bits per heavy atom. The molecule has 278 valence electrons. The number of ether oxygens (including phenoxy) is 2. The molecule has 0 radical (unpaired) electrons. The minimum Gasteiger partial charge on any atom is -0.453 e. The number of amides is 2. The number of alkyl carbamates (subject to hydrolysis) is 1. The molecule has 2 bridgehead atoms. The predicted molar refractivity (Wildman–Crippen MR) is 191 cm³/mol. The number of hydrogen-bond donors (Lipinski definition) is 3. The molecule has 3 aliphatic rings. The van der Waals surface area contributed by atoms with Gasteiger partial charge in [0.1, 0.15) is 11.6 Å². The molecule has 3 N–H and O–H groups in total. The number of methoxy groups -OCH3 is 1. The summed E-state index contributed by atoms with van der Waals surface area (Å²) in [4.78, 5) is 26.6. The zero-order chi connectivity index (χ0) is 36.6. The van der Waals surface area contributed by atoms with Gasteiger partial charge in [-0.3, -0.25) is 4.79 Å². The lowest BCUT2D eigenvalue weighted by Crippen LogP contribution is -2.57. The number of piperazine rings is 1. The number of sulfonamides is 1. The van der Waals surface area contributed by atoms with Gasteiger partial charge >= 0.3 is 6.09 Å². The van der Waals surface area contributed by atoms with Crippen molar-refractivity contribution < 1.29 is 36.3 Å². The van der Waals surface area contributed by atoms with E-state index < -0.39 is 45.5 Å². The van der Waals surface area contributed by atoms with E-state index in [9.17, 15) is 22.4 Å². The van der Waals surface area contributed by atoms with E-state index in [4.69, 9.17) is 21.1 Å². The van der Waals surface area contributed by atoms with Gasteiger partial charge in [0, 0.05) is 48.9 Å². The SMILES string of the molecule is CC.COC(=O)NC[C@H](C(=O)Nc1cccc(F)c1CC[C@H]1CN[C@@H]2CCCS(=O)(=O)N1C2)[C@@H](c1ccc(Cl)c(F)c1)C1C[C@@H](C)O[C@@H](C)C1. The number of fused-ring (bicyclic) bond motifs is 2. The van der Waals surface area contributed by atoms with E-state index in [1.54, 1.807) is 16.4 Å². The summed E-state index contributed by atoms with van der Waals surface area (Å²) in [6.45, 7) is 8.60. The largest absolute Gasteiger partial charge is 0.453 e. The lowest BCUT2D eigenvalue weighted by atomic mass is 9.71. The third-order valence-corrected chi connectivity index (χ3v) is 12.1. The van der Waals surface area contributed by atoms with Crippen LogP contribution < -0.4 is 16.0 Å². The number of anilines is 1. The fraction of sp³-hybridized carbons (Fsp3) is 0.611. The number of rotatable bonds is 10. The van der Waals surface area contributed by atoms with Crippen molar-refractivity contribution in [3.63, 3.8) is 0 Å². The summed E-state index contributed by atoms with van der Waals surface area (Å²) >= 11 is 6.04. The van der Waals surface area contributed by atoms with E-state index in [0.29, 0.717) is 44.3 Å². The molecular weight excluding hydrogens is 690 g/mol. The van der Waals surface area contributed by atoms with Crippen LogP contribution in [0, 0.1) is 23.5 Å². The molecule has 3 fully saturated rings. The molecule has 2 aromatic carbocycles. The predicted octanol–water partition coefficient (Wildman–Crippen LogP) is 6.24. The molecule has 3 saturated heterocycles. The van der Waals surface area contributed by atoms with Crippen molar-refractivity contribution in [2.75, 3.05) is 37.8 Å². The highest BCUT2D eigenvalue weighted by Crippen LogP contribution is 2.42. The number of carbonyl (C=O) groups is 2. The van der Waals surface area contributed by atoms with Gasteiger partial charge in [-0.1, -0.05) is 37.6 Å². The first-order valence-corrected chi connectivity index (χ1v) is 19.6. The van der Waals surface area contributed by atoms with Gasteiger partial charge in [-0.15, -0.1) is 0 Å². The standard InChI is InChI=1S/C34H45ClF2N4O6S.C2H6/c1-20-14-23(15-21(2)47-20)32(22-9-12-28(35)30(37)16-22)27(18-39-34(43)46-3)33(42)40-31-8-4-7-29(36)26(31)11-10-25-17-38-24-6-5-13-48(44,45)41(25)19-24;1-2/h4,7-9,12,16,20-21,23-25,27,32,38H,5-6,10-11,13-15,17-19H2,1-3H3,(H,39,43)(H,40,42);1-2H3/t20-,21+,23?,24-,25+,27+,32+;/m1./s1. The second-order valence-electron chi connectivity index (χ2n) is 13.2. The summed E-state index contributed by atoms with van der Waals surface area (Å²) in [6.07, 6.45) is 2.09. The molecule has 3 aliphatic heterocycles. The minimum absolute atomic E-state index is 0.0547. The summed E-state index contributed by atoms with van der Waals surface area (Å²) in [6, 6.07) is 8.61. The van der Waals surface area contributed by atoms with Crippen LogP contribution in [-0.4, -0.2) is 81.5 Å². The Balaban J connectivity index is 0.00000276. The molecule has 50 heavy (non-hydrogen) atoms. The van der Waals surface area contributed by atoms with Crippen LogP contribution in [0.3, 0.4) is 0 Å². The molecular formula is C36H51ClF2N4O6S. The molecule has 2 amide bonds. The van der Waals surface area contributed by atoms with Crippen LogP contribution in [0.15, 0.2) is 36.4 Å². The highest BCUT2D eigenvalue weighted by molar-refractivity contribution is 7.89. The van der Waals surface area contributed by atoms with Gasteiger partial charge in [0.2, 0.25) is 15.9 Å². The van der Waals surface area contributed by atoms with Gasteiger partial charge in [0.25, 0.3) is 0 Å². The maximum Gasteiger partial charge on any atom is 0.406 e. The fourth-order valence-corrected chi connectivity index (χ4v) is 9.59. The van der Waals surface area contributed by atoms with Crippen LogP contribution in [0.4, 0.5) is 19.3 Å². The normalized spacial score (nSPS) is 27.0. The smallest absolute Gasteiger partial charge is 0.406 e. The number of carbonyl (C=O) groups excluding carboxylic acids is 2. The molecule has 0 saturated carbocycles. The highest BCUT2D eigenvalue weighted by atomic mass is 35.5. The third kappa shape index (κ3) is 9.93. The summed E-state index contributed by atoms with van der Waals surface area (Å²) in [5, 5.41) is 8.95. The Morgan fingerprint density at radius 1 is 1.12 bits per heavy atom. The minimum atomic E-state index is -3.43. The number of nitrogens with zero attached hydrogens (tertiary/aromatic N) is 1. The van der Waals surface area contributed by atoms with Gasteiger partial charge in [0.05, 0.1) is 36.0 Å². The Hall–Kier alpha value is -2.84. The van der Waals surface area contributed by atoms with E-state index in [0.717, 1.165) is 6.42 Å². The van der Waals surface area contributed by atoms with Crippen molar-refractivity contribution >= 4 is 39.3 Å². The van der Waals surface area contributed by atoms with Gasteiger partial charge in [0.15, 0.2) is 0 Å². The first kappa shape index (κ1) is 39.9. The van der Waals surface area contributed by atoms with Gasteiger partial charge in [-0.2, -0.15) is 4.31 Å². The first-order chi connectivity index (χ1) is 23.9. The van der Waals surface area contributed by atoms with Crippen molar-refractivity contribution in [3.8, 4) is 0 Å². The van der Waals surface area contributed by atoms with E-state index >= 15 is 4.39 Å². The van der Waals surface area contributed by atoms with Crippen molar-refractivity contribution in [1.82, 2.24) is 14.9 Å². The maximum absolute atomic E-state index is 15.5. The summed E-state index contributed by atoms with van der Waals surface area (Å²) in [7, 11) is -2.21. The van der Waals surface area contributed by atoms with E-state index in [1.807, 2.05) is 27.7 Å². The summed E-state index contributed by atoms with van der Waals surface area (Å²) < 4.78 is 68.7. The van der Waals surface area contributed by atoms with Crippen molar-refractivity contribution in [1.29, 1.82) is 0 Å². The third-order valence-electron chi connectivity index (χ3n) is 9.86. The summed E-state index contributed by atoms with van der Waals surface area (Å²) in [5.41, 5.74) is 1.04. The van der Waals surface area contributed by atoms with Gasteiger partial charge < -0.3 is 25.4 Å². The van der Waals surface area contributed by atoms with E-state index in [-0.39, 0.29) is 65.2 Å². The van der Waals surface area contributed by atoms with Crippen LogP contribution in [0.25, 0.3) is 0 Å². The Morgan fingerprint density at radius 2 is 1.84 bits per heavy atom. The molecule has 10 nitrogen and oxygen atoms in total. The molecule has 2 unspecified atom stereocenters. The van der Waals surface area contributed by atoms with Crippen molar-refractivity contribution in [2.24, 2.45) is 11.8 Å². The Kier molecular flexibility index (Phi) is 14.4. The Labute approximate surface area is 300 Å². The van der Waals surface area contributed by atoms with E-state index in [2.05, 4.69) is 16.0 Å². The van der Waals surface area contributed by atoms with Crippen LogP contribution in [0.1, 0.15) is 76.8 Å². The second-order valence-corrected chi connectivity index (χ2v) is 15.7. The molecule has 0 spiro atoms. The van der Waals surface area contributed by atoms with Crippen LogP contribution in [-0.2, 0) is 30.7 Å². The number of nitrogens with one attached hydrogen (secondary N) is 3. The first-order valence-electron chi connectivity index (χ1n) is 17.6. The average molecular weight is 741 g/mol. The lowest BCUT2D eigenvalue weighted by molar-refractivity contribution is -0.122. The topological polar surface area (TPSA) is 126 Å². The second kappa shape index (κ2) is 18.1. The highest BCUT2D eigenvalue weighted by Gasteiger charge is 2.41. The quantitative estimate of drug-likeness (QED) is 0.263. The van der Waals surface area contributed by atoms with Crippen molar-refractivity contribution in [3.05, 3.63) is 64.2 Å². The monoisotopic (exact) mass is 740 g/mol. The average Bonchev–Trinajstić information content (AvgIpc) is 3.19. The molecule has 0 aromatic heterocycles. The number of halogens is 3. The van der Waals surface area contributed by atoms with Crippen LogP contribution in [0.5, 0.6) is 0 Å². The van der Waals surface area contributed by atoms with Crippen LogP contribution in [0.2, 0.25) is 5.02 Å².